The highest BCUT2D eigenvalue weighted by molar-refractivity contribution is 7.92. The Morgan fingerprint density at radius 1 is 1.02 bits per heavy atom. The third kappa shape index (κ3) is 6.94. The monoisotopic (exact) mass is 598 g/mol. The molecular formula is C26H33F3N6O5S. The molecule has 2 aliphatic heterocycles. The number of aliphatic hydroxyl groups is 1. The van der Waals surface area contributed by atoms with Crippen molar-refractivity contribution in [3.8, 4) is 5.75 Å². The average molecular weight is 599 g/mol. The molecule has 2 saturated heterocycles. The van der Waals surface area contributed by atoms with E-state index in [1.54, 1.807) is 4.90 Å². The molecule has 2 aromatic rings. The number of alkyl halides is 3. The van der Waals surface area contributed by atoms with E-state index in [2.05, 4.69) is 20.0 Å². The maximum absolute atomic E-state index is 13.7. The van der Waals surface area contributed by atoms with Crippen LogP contribution in [-0.2, 0) is 10.0 Å². The van der Waals surface area contributed by atoms with Crippen LogP contribution in [0.2, 0.25) is 0 Å². The second kappa shape index (κ2) is 11.5. The van der Waals surface area contributed by atoms with Gasteiger partial charge in [0.15, 0.2) is 11.6 Å². The minimum absolute atomic E-state index is 0.0157. The molecule has 4 heterocycles. The summed E-state index contributed by atoms with van der Waals surface area (Å²) in [5.74, 6) is -3.52. The number of halogens is 3. The summed E-state index contributed by atoms with van der Waals surface area (Å²) in [6.07, 6.45) is 4.78. The number of amides is 1. The Morgan fingerprint density at radius 3 is 2.34 bits per heavy atom. The molecule has 0 bridgehead atoms. The highest BCUT2D eigenvalue weighted by atomic mass is 32.2. The quantitative estimate of drug-likeness (QED) is 0.376. The number of anilines is 4. The molecule has 224 valence electrons. The standard InChI is InChI=1S/C26H33F3N6O5S/c27-17-40-20-1-2-21(31-23(20)35-11-7-26(28,29)8-12-35)32-24(37)18-16-30-22(33-41(38,39)14-13-36)15-19(18)34-9-5-25(3-4-25)6-10-34/h1-2,15-16,36H,3-14,17H2,(H,30,33)(H,31,32,37). The fourth-order valence-corrected chi connectivity index (χ4v) is 6.07. The van der Waals surface area contributed by atoms with Gasteiger partial charge in [0.1, 0.15) is 11.6 Å². The molecular weight excluding hydrogens is 565 g/mol. The van der Waals surface area contributed by atoms with Crippen molar-refractivity contribution in [1.82, 2.24) is 9.97 Å². The molecule has 3 aliphatic rings. The lowest BCUT2D eigenvalue weighted by Crippen LogP contribution is -2.40. The first-order valence-electron chi connectivity index (χ1n) is 13.5. The van der Waals surface area contributed by atoms with Crippen molar-refractivity contribution in [2.75, 3.05) is 65.2 Å². The van der Waals surface area contributed by atoms with Crippen LogP contribution < -0.4 is 24.6 Å². The first kappa shape index (κ1) is 29.2. The van der Waals surface area contributed by atoms with Gasteiger partial charge in [-0.2, -0.15) is 0 Å². The molecule has 11 nitrogen and oxygen atoms in total. The molecule has 0 unspecified atom stereocenters. The average Bonchev–Trinajstić information content (AvgIpc) is 3.68. The van der Waals surface area contributed by atoms with Crippen LogP contribution >= 0.6 is 0 Å². The zero-order valence-corrected chi connectivity index (χ0v) is 23.2. The molecule has 41 heavy (non-hydrogen) atoms. The number of pyridine rings is 2. The third-order valence-corrected chi connectivity index (χ3v) is 9.19. The molecule has 3 N–H and O–H groups in total. The van der Waals surface area contributed by atoms with Crippen molar-refractivity contribution < 1.29 is 36.2 Å². The maximum Gasteiger partial charge on any atom is 0.260 e. The molecule has 5 rings (SSSR count). The normalized spacial score (nSPS) is 19.6. The first-order valence-corrected chi connectivity index (χ1v) is 15.2. The van der Waals surface area contributed by atoms with Crippen molar-refractivity contribution in [2.24, 2.45) is 5.41 Å². The van der Waals surface area contributed by atoms with E-state index in [4.69, 9.17) is 9.84 Å². The molecule has 0 atom stereocenters. The summed E-state index contributed by atoms with van der Waals surface area (Å²) in [5.41, 5.74) is 1.04. The number of nitrogens with zero attached hydrogens (tertiary/aromatic N) is 4. The molecule has 1 amide bonds. The van der Waals surface area contributed by atoms with Gasteiger partial charge < -0.3 is 25.0 Å². The molecule has 1 saturated carbocycles. The number of piperidine rings is 2. The number of sulfonamides is 1. The Labute approximate surface area is 236 Å². The summed E-state index contributed by atoms with van der Waals surface area (Å²) in [5, 5.41) is 11.8. The van der Waals surface area contributed by atoms with Gasteiger partial charge in [0, 0.05) is 51.3 Å². The van der Waals surface area contributed by atoms with Crippen molar-refractivity contribution >= 4 is 39.1 Å². The van der Waals surface area contributed by atoms with Crippen molar-refractivity contribution in [3.63, 3.8) is 0 Å². The highest BCUT2D eigenvalue weighted by Gasteiger charge is 2.44. The summed E-state index contributed by atoms with van der Waals surface area (Å²) in [4.78, 5) is 25.6. The molecule has 3 fully saturated rings. The molecule has 2 aromatic heterocycles. The number of nitrogens with one attached hydrogen (secondary N) is 2. The Balaban J connectivity index is 1.40. The van der Waals surface area contributed by atoms with E-state index in [1.165, 1.54) is 37.2 Å². The predicted molar refractivity (Wildman–Crippen MR) is 147 cm³/mol. The molecule has 15 heteroatoms. The number of aliphatic hydroxyl groups excluding tert-OH is 1. The van der Waals surface area contributed by atoms with Crippen LogP contribution in [-0.4, -0.2) is 80.7 Å². The third-order valence-electron chi connectivity index (χ3n) is 7.95. The first-order chi connectivity index (χ1) is 19.5. The molecule has 0 aromatic carbocycles. The van der Waals surface area contributed by atoms with E-state index in [1.807, 2.05) is 4.90 Å². The van der Waals surface area contributed by atoms with Gasteiger partial charge in [-0.1, -0.05) is 0 Å². The van der Waals surface area contributed by atoms with Crippen LogP contribution in [0.5, 0.6) is 5.75 Å². The number of hydrogen-bond acceptors (Lipinski definition) is 9. The van der Waals surface area contributed by atoms with E-state index in [9.17, 15) is 26.4 Å². The summed E-state index contributed by atoms with van der Waals surface area (Å²) < 4.78 is 72.3. The van der Waals surface area contributed by atoms with Crippen molar-refractivity contribution in [1.29, 1.82) is 0 Å². The maximum atomic E-state index is 13.7. The van der Waals surface area contributed by atoms with Gasteiger partial charge in [-0.3, -0.25) is 9.52 Å². The van der Waals surface area contributed by atoms with Crippen molar-refractivity contribution in [3.05, 3.63) is 30.0 Å². The van der Waals surface area contributed by atoms with E-state index in [0.717, 1.165) is 12.8 Å². The summed E-state index contributed by atoms with van der Waals surface area (Å²) in [7, 11) is -3.84. The van der Waals surface area contributed by atoms with Gasteiger partial charge in [-0.05, 0) is 43.2 Å². The predicted octanol–water partition coefficient (Wildman–Crippen LogP) is 3.38. The SMILES string of the molecule is O=C(Nc1ccc(OCF)c(N2CCC(F)(F)CC2)n1)c1cnc(NS(=O)(=O)CCO)cc1N1CCC2(CC1)CC2. The van der Waals surface area contributed by atoms with E-state index < -0.39 is 41.1 Å². The largest absolute Gasteiger partial charge is 0.459 e. The van der Waals surface area contributed by atoms with Crippen LogP contribution in [0.4, 0.5) is 36.3 Å². The molecule has 0 radical (unpaired) electrons. The zero-order chi connectivity index (χ0) is 29.3. The van der Waals surface area contributed by atoms with Gasteiger partial charge in [0.05, 0.1) is 23.6 Å². The lowest BCUT2D eigenvalue weighted by molar-refractivity contribution is -0.0222. The second-order valence-electron chi connectivity index (χ2n) is 10.8. The minimum atomic E-state index is -3.84. The summed E-state index contributed by atoms with van der Waals surface area (Å²) in [6, 6.07) is 4.34. The van der Waals surface area contributed by atoms with E-state index >= 15 is 0 Å². The highest BCUT2D eigenvalue weighted by Crippen LogP contribution is 2.54. The number of hydrogen-bond donors (Lipinski definition) is 3. The molecule has 1 aliphatic carbocycles. The summed E-state index contributed by atoms with van der Waals surface area (Å²) >= 11 is 0. The Kier molecular flexibility index (Phi) is 8.19. The Morgan fingerprint density at radius 2 is 1.71 bits per heavy atom. The topological polar surface area (TPSA) is 137 Å². The van der Waals surface area contributed by atoms with Gasteiger partial charge >= 0.3 is 0 Å². The minimum Gasteiger partial charge on any atom is -0.459 e. The second-order valence-corrected chi connectivity index (χ2v) is 12.6. The molecule has 1 spiro atoms. The van der Waals surface area contributed by atoms with Crippen LogP contribution in [0, 0.1) is 5.41 Å². The van der Waals surface area contributed by atoms with Gasteiger partial charge in [-0.25, -0.2) is 31.6 Å². The number of carbonyl (C=O) groups excluding carboxylic acids is 1. The fraction of sp³-hybridized carbons (Fsp3) is 0.577. The van der Waals surface area contributed by atoms with Crippen LogP contribution in [0.1, 0.15) is 48.9 Å². The number of carbonyl (C=O) groups is 1. The van der Waals surface area contributed by atoms with Crippen LogP contribution in [0.15, 0.2) is 24.4 Å². The van der Waals surface area contributed by atoms with Crippen LogP contribution in [0.3, 0.4) is 0 Å². The van der Waals surface area contributed by atoms with Crippen molar-refractivity contribution in [2.45, 2.75) is 44.4 Å². The lowest BCUT2D eigenvalue weighted by atomic mass is 9.93. The Hall–Kier alpha value is -3.33. The smallest absolute Gasteiger partial charge is 0.260 e. The Bertz CT molecular complexity index is 1370. The van der Waals surface area contributed by atoms with Gasteiger partial charge in [0.25, 0.3) is 11.8 Å². The van der Waals surface area contributed by atoms with E-state index in [-0.39, 0.29) is 54.7 Å². The number of ether oxygens (including phenoxy) is 1. The van der Waals surface area contributed by atoms with Gasteiger partial charge in [-0.15, -0.1) is 0 Å². The number of rotatable bonds is 10. The lowest BCUT2D eigenvalue weighted by Gasteiger charge is -2.35. The fourth-order valence-electron chi connectivity index (χ4n) is 5.30. The van der Waals surface area contributed by atoms with E-state index in [0.29, 0.717) is 24.2 Å². The summed E-state index contributed by atoms with van der Waals surface area (Å²) in [6.45, 7) is -0.350. The number of aromatic nitrogens is 2. The van der Waals surface area contributed by atoms with Crippen LogP contribution in [0.25, 0.3) is 0 Å². The zero-order valence-electron chi connectivity index (χ0n) is 22.4. The van der Waals surface area contributed by atoms with Gasteiger partial charge in [0.2, 0.25) is 16.9 Å².